The quantitative estimate of drug-likeness (QED) is 0.701. The molecule has 1 saturated heterocycles. The number of nitrogens with zero attached hydrogens (tertiary/aromatic N) is 1. The Morgan fingerprint density at radius 2 is 1.81 bits per heavy atom. The highest BCUT2D eigenvalue weighted by Gasteiger charge is 2.33. The van der Waals surface area contributed by atoms with E-state index in [-0.39, 0.29) is 18.4 Å². The number of benzene rings is 1. The van der Waals surface area contributed by atoms with E-state index in [0.29, 0.717) is 18.0 Å². The number of nitrogens with one attached hydrogen (secondary N) is 1. The molecular formula is C20H30N2O3S2. The molecule has 1 amide bonds. The average Bonchev–Trinajstić information content (AvgIpc) is 2.72. The molecule has 1 aliphatic carbocycles. The van der Waals surface area contributed by atoms with Crippen LogP contribution in [-0.2, 0) is 14.8 Å². The van der Waals surface area contributed by atoms with Crippen molar-refractivity contribution >= 4 is 27.7 Å². The van der Waals surface area contributed by atoms with Crippen LogP contribution in [0.4, 0.5) is 0 Å². The van der Waals surface area contributed by atoms with Crippen LogP contribution in [0.3, 0.4) is 0 Å². The van der Waals surface area contributed by atoms with Gasteiger partial charge in [-0.25, -0.2) is 8.42 Å². The number of sulfonamides is 1. The van der Waals surface area contributed by atoms with E-state index in [1.54, 1.807) is 30.3 Å². The highest BCUT2D eigenvalue weighted by molar-refractivity contribution is 7.99. The van der Waals surface area contributed by atoms with Crippen LogP contribution in [0.25, 0.3) is 0 Å². The summed E-state index contributed by atoms with van der Waals surface area (Å²) < 4.78 is 27.0. The largest absolute Gasteiger partial charge is 0.355 e. The van der Waals surface area contributed by atoms with Crippen molar-refractivity contribution in [3.05, 3.63) is 30.3 Å². The van der Waals surface area contributed by atoms with Gasteiger partial charge in [0.2, 0.25) is 15.9 Å². The molecule has 1 saturated carbocycles. The van der Waals surface area contributed by atoms with Crippen LogP contribution in [0.15, 0.2) is 35.2 Å². The molecule has 3 rings (SSSR count). The molecule has 0 radical (unpaired) electrons. The number of rotatable bonds is 7. The van der Waals surface area contributed by atoms with Crippen molar-refractivity contribution in [2.24, 2.45) is 5.92 Å². The maximum absolute atomic E-state index is 12.8. The maximum atomic E-state index is 12.8. The minimum Gasteiger partial charge on any atom is -0.355 e. The average molecular weight is 411 g/mol. The van der Waals surface area contributed by atoms with E-state index in [1.807, 2.05) is 11.8 Å². The molecule has 0 bridgehead atoms. The third kappa shape index (κ3) is 5.72. The van der Waals surface area contributed by atoms with E-state index in [4.69, 9.17) is 0 Å². The molecule has 1 aromatic carbocycles. The Hall–Kier alpha value is -1.05. The maximum Gasteiger partial charge on any atom is 0.243 e. The van der Waals surface area contributed by atoms with E-state index < -0.39 is 10.0 Å². The number of hydrogen-bond acceptors (Lipinski definition) is 4. The third-order valence-electron chi connectivity index (χ3n) is 5.44. The van der Waals surface area contributed by atoms with Crippen molar-refractivity contribution in [3.63, 3.8) is 0 Å². The van der Waals surface area contributed by atoms with Gasteiger partial charge in [0.1, 0.15) is 0 Å². The number of hydrogen-bond donors (Lipinski definition) is 1. The van der Waals surface area contributed by atoms with E-state index in [0.717, 1.165) is 23.8 Å². The van der Waals surface area contributed by atoms with Crippen LogP contribution in [0.1, 0.15) is 44.9 Å². The molecule has 1 unspecified atom stereocenters. The van der Waals surface area contributed by atoms with Gasteiger partial charge in [0, 0.05) is 30.6 Å². The molecule has 27 heavy (non-hydrogen) atoms. The van der Waals surface area contributed by atoms with Gasteiger partial charge in [-0.05, 0) is 37.8 Å². The highest BCUT2D eigenvalue weighted by atomic mass is 32.2. The second kappa shape index (κ2) is 9.94. The van der Waals surface area contributed by atoms with Crippen molar-refractivity contribution in [3.8, 4) is 0 Å². The van der Waals surface area contributed by atoms with E-state index in [2.05, 4.69) is 5.32 Å². The molecule has 5 nitrogen and oxygen atoms in total. The zero-order valence-electron chi connectivity index (χ0n) is 15.8. The summed E-state index contributed by atoms with van der Waals surface area (Å²) in [6.45, 7) is 1.43. The van der Waals surface area contributed by atoms with Crippen LogP contribution in [-0.4, -0.2) is 49.3 Å². The molecule has 1 aliphatic heterocycles. The fourth-order valence-corrected chi connectivity index (χ4v) is 6.66. The first kappa shape index (κ1) is 20.7. The third-order valence-corrected chi connectivity index (χ3v) is 8.70. The molecule has 7 heteroatoms. The summed E-state index contributed by atoms with van der Waals surface area (Å²) in [7, 11) is -3.52. The molecular weight excluding hydrogens is 380 g/mol. The predicted octanol–water partition coefficient (Wildman–Crippen LogP) is 3.27. The van der Waals surface area contributed by atoms with Crippen molar-refractivity contribution in [1.82, 2.24) is 9.62 Å². The summed E-state index contributed by atoms with van der Waals surface area (Å²) in [5.74, 6) is 0.680. The van der Waals surface area contributed by atoms with Crippen molar-refractivity contribution in [1.29, 1.82) is 0 Å². The zero-order valence-corrected chi connectivity index (χ0v) is 17.4. The van der Waals surface area contributed by atoms with Crippen LogP contribution >= 0.6 is 11.8 Å². The predicted molar refractivity (Wildman–Crippen MR) is 110 cm³/mol. The van der Waals surface area contributed by atoms with E-state index in [1.165, 1.54) is 36.4 Å². The monoisotopic (exact) mass is 410 g/mol. The number of thioether (sulfide) groups is 1. The number of piperidine rings is 1. The summed E-state index contributed by atoms with van der Waals surface area (Å²) in [6.07, 6.45) is 8.10. The van der Waals surface area contributed by atoms with Crippen molar-refractivity contribution in [2.45, 2.75) is 55.1 Å². The van der Waals surface area contributed by atoms with Gasteiger partial charge < -0.3 is 5.32 Å². The Kier molecular flexibility index (Phi) is 7.61. The van der Waals surface area contributed by atoms with Crippen LogP contribution < -0.4 is 5.32 Å². The molecule has 1 heterocycles. The topological polar surface area (TPSA) is 66.5 Å². The lowest BCUT2D eigenvalue weighted by Gasteiger charge is -2.31. The highest BCUT2D eigenvalue weighted by Crippen LogP contribution is 2.28. The summed E-state index contributed by atoms with van der Waals surface area (Å²) in [5.41, 5.74) is 0. The summed E-state index contributed by atoms with van der Waals surface area (Å²) >= 11 is 1.97. The minimum atomic E-state index is -3.52. The van der Waals surface area contributed by atoms with Crippen molar-refractivity contribution < 1.29 is 13.2 Å². The Morgan fingerprint density at radius 3 is 2.56 bits per heavy atom. The first-order valence-electron chi connectivity index (χ1n) is 10.0. The lowest BCUT2D eigenvalue weighted by molar-refractivity contribution is -0.125. The first-order valence-corrected chi connectivity index (χ1v) is 12.5. The number of carbonyl (C=O) groups is 1. The Bertz CT molecular complexity index is 703. The van der Waals surface area contributed by atoms with Crippen LogP contribution in [0.2, 0.25) is 0 Å². The zero-order chi connectivity index (χ0) is 19.1. The van der Waals surface area contributed by atoms with E-state index >= 15 is 0 Å². The van der Waals surface area contributed by atoms with Gasteiger partial charge in [-0.3, -0.25) is 4.79 Å². The lowest BCUT2D eigenvalue weighted by atomic mass is 9.99. The van der Waals surface area contributed by atoms with E-state index in [9.17, 15) is 13.2 Å². The van der Waals surface area contributed by atoms with Gasteiger partial charge >= 0.3 is 0 Å². The summed E-state index contributed by atoms with van der Waals surface area (Å²) in [4.78, 5) is 12.8. The van der Waals surface area contributed by atoms with Crippen LogP contribution in [0, 0.1) is 5.92 Å². The summed E-state index contributed by atoms with van der Waals surface area (Å²) in [6, 6.07) is 8.48. The smallest absolute Gasteiger partial charge is 0.243 e. The fraction of sp³-hybridized carbons (Fsp3) is 0.650. The number of carbonyl (C=O) groups excluding carboxylic acids is 1. The summed E-state index contributed by atoms with van der Waals surface area (Å²) in [5, 5.41) is 3.77. The molecule has 150 valence electrons. The van der Waals surface area contributed by atoms with Crippen molar-refractivity contribution in [2.75, 3.05) is 25.4 Å². The molecule has 2 fully saturated rings. The molecule has 1 N–H and O–H groups in total. The first-order chi connectivity index (χ1) is 13.1. The lowest BCUT2D eigenvalue weighted by Crippen LogP contribution is -2.45. The Morgan fingerprint density at radius 1 is 1.07 bits per heavy atom. The molecule has 0 spiro atoms. The second-order valence-electron chi connectivity index (χ2n) is 7.44. The van der Waals surface area contributed by atoms with Gasteiger partial charge in [0.25, 0.3) is 0 Å². The Labute approximate surface area is 167 Å². The van der Waals surface area contributed by atoms with Gasteiger partial charge in [0.15, 0.2) is 0 Å². The van der Waals surface area contributed by atoms with Crippen LogP contribution in [0.5, 0.6) is 0 Å². The second-order valence-corrected chi connectivity index (χ2v) is 10.8. The van der Waals surface area contributed by atoms with Gasteiger partial charge in [-0.1, -0.05) is 37.5 Å². The van der Waals surface area contributed by atoms with Gasteiger partial charge in [-0.2, -0.15) is 16.1 Å². The standard InChI is InChI=1S/C20H30N2O3S2/c23-20(21-13-15-26-18-9-3-1-4-10-18)17-8-7-14-22(16-17)27(24,25)19-11-5-2-6-12-19/h2,5-6,11-12,17-18H,1,3-4,7-10,13-16H2,(H,21,23). The number of amides is 1. The molecule has 0 aromatic heterocycles. The van der Waals surface area contributed by atoms with Gasteiger partial charge in [-0.15, -0.1) is 0 Å². The van der Waals surface area contributed by atoms with Gasteiger partial charge in [0.05, 0.1) is 10.8 Å². The normalized spacial score (nSPS) is 22.4. The fourth-order valence-electron chi connectivity index (χ4n) is 3.89. The minimum absolute atomic E-state index is 0.00722. The molecule has 2 aliphatic rings. The molecule has 1 aromatic rings. The SMILES string of the molecule is O=C(NCCSC1CCCCC1)C1CCCN(S(=O)(=O)c2ccccc2)C1. The molecule has 1 atom stereocenters. The Balaban J connectivity index is 1.46.